The number of halogens is 1. The Balaban J connectivity index is 0.00000363. The van der Waals surface area contributed by atoms with Gasteiger partial charge in [-0.1, -0.05) is 19.1 Å². The Bertz CT molecular complexity index is 739. The molecule has 2 unspecified atom stereocenters. The third-order valence-electron chi connectivity index (χ3n) is 6.39. The SMILES string of the molecule is CN=C(NCCC(=O)N1CCCC(C)C1)NCC(c1cccc(OC)c1)N1CCCC1.I. The lowest BCUT2D eigenvalue weighted by Crippen LogP contribution is -2.44. The van der Waals surface area contributed by atoms with Crippen LogP contribution in [-0.2, 0) is 4.79 Å². The summed E-state index contributed by atoms with van der Waals surface area (Å²) < 4.78 is 5.44. The quantitative estimate of drug-likeness (QED) is 0.292. The van der Waals surface area contributed by atoms with E-state index >= 15 is 0 Å². The van der Waals surface area contributed by atoms with E-state index in [1.807, 2.05) is 11.0 Å². The number of ether oxygens (including phenoxy) is 1. The lowest BCUT2D eigenvalue weighted by atomic mass is 10.00. The Hall–Kier alpha value is -1.55. The highest BCUT2D eigenvalue weighted by atomic mass is 127. The Morgan fingerprint density at radius 3 is 2.69 bits per heavy atom. The van der Waals surface area contributed by atoms with E-state index in [0.29, 0.717) is 18.9 Å². The summed E-state index contributed by atoms with van der Waals surface area (Å²) in [5, 5.41) is 6.79. The minimum absolute atomic E-state index is 0. The largest absolute Gasteiger partial charge is 0.497 e. The number of piperidine rings is 1. The first-order chi connectivity index (χ1) is 15.1. The number of rotatable bonds is 8. The molecule has 2 aliphatic rings. The third-order valence-corrected chi connectivity index (χ3v) is 6.39. The first-order valence-corrected chi connectivity index (χ1v) is 11.7. The second-order valence-electron chi connectivity index (χ2n) is 8.75. The monoisotopic (exact) mass is 557 g/mol. The number of carbonyl (C=O) groups excluding carboxylic acids is 1. The second kappa shape index (κ2) is 13.9. The summed E-state index contributed by atoms with van der Waals surface area (Å²) in [4.78, 5) is 21.4. The van der Waals surface area contributed by atoms with Crippen LogP contribution in [0.4, 0.5) is 0 Å². The van der Waals surface area contributed by atoms with Gasteiger partial charge in [-0.25, -0.2) is 0 Å². The zero-order valence-corrected chi connectivity index (χ0v) is 22.1. The number of carbonyl (C=O) groups is 1. The second-order valence-corrected chi connectivity index (χ2v) is 8.75. The number of amides is 1. The standard InChI is InChI=1S/C24H39N5O2.HI/c1-19-8-7-15-29(18-19)23(30)11-12-26-24(25-2)27-17-22(28-13-4-5-14-28)20-9-6-10-21(16-20)31-3;/h6,9-10,16,19,22H,4-5,7-8,11-15,17-18H2,1-3H3,(H2,25,26,27);1H. The molecule has 3 rings (SSSR count). The maximum atomic E-state index is 12.5. The molecule has 0 aromatic heterocycles. The van der Waals surface area contributed by atoms with Crippen molar-refractivity contribution in [1.82, 2.24) is 20.4 Å². The average Bonchev–Trinajstić information content (AvgIpc) is 3.32. The van der Waals surface area contributed by atoms with Crippen molar-refractivity contribution in [2.75, 3.05) is 53.4 Å². The highest BCUT2D eigenvalue weighted by molar-refractivity contribution is 14.0. The van der Waals surface area contributed by atoms with Gasteiger partial charge in [-0.05, 0) is 62.4 Å². The zero-order chi connectivity index (χ0) is 22.1. The molecule has 32 heavy (non-hydrogen) atoms. The molecule has 2 aliphatic heterocycles. The Morgan fingerprint density at radius 1 is 1.22 bits per heavy atom. The third kappa shape index (κ3) is 7.79. The maximum Gasteiger partial charge on any atom is 0.224 e. The molecule has 2 fully saturated rings. The number of nitrogens with zero attached hydrogens (tertiary/aromatic N) is 3. The Morgan fingerprint density at radius 2 is 2.00 bits per heavy atom. The molecule has 0 radical (unpaired) electrons. The molecule has 2 N–H and O–H groups in total. The molecule has 0 saturated carbocycles. The van der Waals surface area contributed by atoms with Gasteiger partial charge in [0.25, 0.3) is 0 Å². The molecular formula is C24H40IN5O2. The van der Waals surface area contributed by atoms with Gasteiger partial charge in [-0.2, -0.15) is 0 Å². The molecule has 1 amide bonds. The summed E-state index contributed by atoms with van der Waals surface area (Å²) in [6.45, 7) is 7.58. The lowest BCUT2D eigenvalue weighted by molar-refractivity contribution is -0.132. The minimum atomic E-state index is 0. The molecule has 8 heteroatoms. The summed E-state index contributed by atoms with van der Waals surface area (Å²) in [7, 11) is 3.49. The molecule has 1 aromatic carbocycles. The first-order valence-electron chi connectivity index (χ1n) is 11.7. The number of hydrogen-bond donors (Lipinski definition) is 2. The first kappa shape index (κ1) is 26.7. The van der Waals surface area contributed by atoms with Gasteiger partial charge in [-0.15, -0.1) is 24.0 Å². The summed E-state index contributed by atoms with van der Waals surface area (Å²) in [5.74, 6) is 2.47. The van der Waals surface area contributed by atoms with Crippen LogP contribution in [0, 0.1) is 5.92 Å². The van der Waals surface area contributed by atoms with Crippen LogP contribution >= 0.6 is 24.0 Å². The van der Waals surface area contributed by atoms with Crippen LogP contribution in [0.1, 0.15) is 50.6 Å². The number of guanidine groups is 1. The van der Waals surface area contributed by atoms with Crippen molar-refractivity contribution in [3.8, 4) is 5.75 Å². The van der Waals surface area contributed by atoms with Gasteiger partial charge in [0.15, 0.2) is 5.96 Å². The Labute approximate surface area is 210 Å². The van der Waals surface area contributed by atoms with Gasteiger partial charge in [0.05, 0.1) is 13.2 Å². The van der Waals surface area contributed by atoms with E-state index in [9.17, 15) is 4.79 Å². The normalized spacial score (nSPS) is 20.4. The smallest absolute Gasteiger partial charge is 0.224 e. The zero-order valence-electron chi connectivity index (χ0n) is 19.8. The molecule has 0 bridgehead atoms. The predicted octanol–water partition coefficient (Wildman–Crippen LogP) is 3.26. The van der Waals surface area contributed by atoms with Crippen LogP contribution in [0.2, 0.25) is 0 Å². The van der Waals surface area contributed by atoms with Gasteiger partial charge >= 0.3 is 0 Å². The molecule has 2 saturated heterocycles. The summed E-state index contributed by atoms with van der Waals surface area (Å²) in [6, 6.07) is 8.59. The van der Waals surface area contributed by atoms with Crippen LogP contribution in [0.5, 0.6) is 5.75 Å². The van der Waals surface area contributed by atoms with Crippen molar-refractivity contribution in [3.63, 3.8) is 0 Å². The van der Waals surface area contributed by atoms with Crippen LogP contribution < -0.4 is 15.4 Å². The Kier molecular flexibility index (Phi) is 11.6. The van der Waals surface area contributed by atoms with Crippen molar-refractivity contribution in [2.45, 2.75) is 45.1 Å². The van der Waals surface area contributed by atoms with Gasteiger partial charge in [0.2, 0.25) is 5.91 Å². The minimum Gasteiger partial charge on any atom is -0.497 e. The molecule has 2 atom stereocenters. The molecule has 0 spiro atoms. The van der Waals surface area contributed by atoms with Gasteiger partial charge in [-0.3, -0.25) is 14.7 Å². The maximum absolute atomic E-state index is 12.5. The lowest BCUT2D eigenvalue weighted by Gasteiger charge is -2.31. The van der Waals surface area contributed by atoms with Crippen molar-refractivity contribution in [3.05, 3.63) is 29.8 Å². The van der Waals surface area contributed by atoms with Crippen molar-refractivity contribution in [1.29, 1.82) is 0 Å². The summed E-state index contributed by atoms with van der Waals surface area (Å²) >= 11 is 0. The van der Waals surface area contributed by atoms with Crippen molar-refractivity contribution >= 4 is 35.8 Å². The summed E-state index contributed by atoms with van der Waals surface area (Å²) in [5.41, 5.74) is 1.25. The fourth-order valence-electron chi connectivity index (χ4n) is 4.64. The number of nitrogens with one attached hydrogen (secondary N) is 2. The number of likely N-dealkylation sites (tertiary alicyclic amines) is 2. The predicted molar refractivity (Wildman–Crippen MR) is 141 cm³/mol. The van der Waals surface area contributed by atoms with Crippen LogP contribution in [0.15, 0.2) is 29.3 Å². The van der Waals surface area contributed by atoms with Crippen LogP contribution in [0.25, 0.3) is 0 Å². The highest BCUT2D eigenvalue weighted by Crippen LogP contribution is 2.27. The van der Waals surface area contributed by atoms with Gasteiger partial charge in [0.1, 0.15) is 5.75 Å². The van der Waals surface area contributed by atoms with Gasteiger partial charge in [0, 0.05) is 39.6 Å². The van der Waals surface area contributed by atoms with Crippen molar-refractivity contribution < 1.29 is 9.53 Å². The van der Waals surface area contributed by atoms with Crippen LogP contribution in [0.3, 0.4) is 0 Å². The van der Waals surface area contributed by atoms with E-state index < -0.39 is 0 Å². The fourth-order valence-corrected chi connectivity index (χ4v) is 4.64. The topological polar surface area (TPSA) is 69.2 Å². The van der Waals surface area contributed by atoms with E-state index in [4.69, 9.17) is 4.74 Å². The number of hydrogen-bond acceptors (Lipinski definition) is 4. The molecule has 7 nitrogen and oxygen atoms in total. The molecule has 0 aliphatic carbocycles. The molecule has 1 aromatic rings. The number of methoxy groups -OCH3 is 1. The molecule has 180 valence electrons. The van der Waals surface area contributed by atoms with E-state index in [1.54, 1.807) is 14.2 Å². The summed E-state index contributed by atoms with van der Waals surface area (Å²) in [6.07, 6.45) is 5.32. The molecular weight excluding hydrogens is 517 g/mol. The van der Waals surface area contributed by atoms with E-state index in [1.165, 1.54) is 24.8 Å². The van der Waals surface area contributed by atoms with Crippen LogP contribution in [-0.4, -0.2) is 75.1 Å². The van der Waals surface area contributed by atoms with E-state index in [0.717, 1.165) is 50.9 Å². The van der Waals surface area contributed by atoms with Crippen molar-refractivity contribution in [2.24, 2.45) is 10.9 Å². The van der Waals surface area contributed by atoms with Gasteiger partial charge < -0.3 is 20.3 Å². The fraction of sp³-hybridized carbons (Fsp3) is 0.667. The van der Waals surface area contributed by atoms with E-state index in [-0.39, 0.29) is 35.9 Å². The van der Waals surface area contributed by atoms with E-state index in [2.05, 4.69) is 45.6 Å². The average molecular weight is 558 g/mol. The highest BCUT2D eigenvalue weighted by Gasteiger charge is 2.24. The number of benzene rings is 1. The number of aliphatic imine (C=N–C) groups is 1. The molecule has 2 heterocycles.